The van der Waals surface area contributed by atoms with Gasteiger partial charge in [0.1, 0.15) is 18.3 Å². The minimum Gasteiger partial charge on any atom is -0.394 e. The molecule has 2 fully saturated rings. The van der Waals surface area contributed by atoms with Gasteiger partial charge in [0.05, 0.1) is 6.61 Å². The normalized spacial score (nSPS) is 45.4. The number of hydrogen-bond acceptors (Lipinski definition) is 5. The minimum absolute atomic E-state index is 0.0829. The second-order valence-electron chi connectivity index (χ2n) is 4.03. The van der Waals surface area contributed by atoms with Crippen LogP contribution >= 0.6 is 0 Å². The Balaban J connectivity index is 2.12. The first-order valence-corrected chi connectivity index (χ1v) is 4.72. The van der Waals surface area contributed by atoms with Crippen molar-refractivity contribution in [2.24, 2.45) is 0 Å². The summed E-state index contributed by atoms with van der Waals surface area (Å²) in [4.78, 5) is 0. The van der Waals surface area contributed by atoms with Crippen molar-refractivity contribution in [3.8, 4) is 0 Å². The molecule has 0 aliphatic carbocycles. The lowest BCUT2D eigenvalue weighted by molar-refractivity contribution is -0.230. The number of aliphatic hydroxyl groups is 1. The smallest absolute Gasteiger partial charge is 0.186 e. The van der Waals surface area contributed by atoms with Gasteiger partial charge >= 0.3 is 0 Å². The summed E-state index contributed by atoms with van der Waals surface area (Å²) >= 11 is 0. The maximum absolute atomic E-state index is 9.08. The van der Waals surface area contributed by atoms with Crippen LogP contribution in [0, 0.1) is 0 Å². The molecular weight excluding hydrogens is 188 g/mol. The van der Waals surface area contributed by atoms with E-state index in [1.165, 1.54) is 0 Å². The highest BCUT2D eigenvalue weighted by molar-refractivity contribution is 4.94. The van der Waals surface area contributed by atoms with Crippen LogP contribution in [0.1, 0.15) is 13.8 Å². The average Bonchev–Trinajstić information content (AvgIpc) is 2.57. The molecule has 2 rings (SSSR count). The first-order valence-electron chi connectivity index (χ1n) is 4.72. The molecule has 2 aliphatic rings. The molecule has 0 aromatic carbocycles. The molecule has 2 heterocycles. The molecule has 0 aromatic rings. The van der Waals surface area contributed by atoms with Crippen LogP contribution in [-0.4, -0.2) is 49.2 Å². The summed E-state index contributed by atoms with van der Waals surface area (Å²) in [5.74, 6) is -0.622. The van der Waals surface area contributed by atoms with Gasteiger partial charge in [-0.05, 0) is 13.8 Å². The van der Waals surface area contributed by atoms with Gasteiger partial charge in [-0.2, -0.15) is 0 Å². The Kier molecular flexibility index (Phi) is 2.53. The van der Waals surface area contributed by atoms with Crippen LogP contribution < -0.4 is 0 Å². The SMILES string of the molecule is CO[C@@H]1O[C@H](CO)[C@@H]2OC(C)(C)OC12. The largest absolute Gasteiger partial charge is 0.394 e. The lowest BCUT2D eigenvalue weighted by Gasteiger charge is -2.22. The fourth-order valence-corrected chi connectivity index (χ4v) is 1.98. The summed E-state index contributed by atoms with van der Waals surface area (Å²) in [5.41, 5.74) is 0. The predicted octanol–water partition coefficient (Wildman–Crippen LogP) is -0.130. The Morgan fingerprint density at radius 1 is 1.29 bits per heavy atom. The number of methoxy groups -OCH3 is 1. The molecule has 14 heavy (non-hydrogen) atoms. The summed E-state index contributed by atoms with van der Waals surface area (Å²) in [6.45, 7) is 3.60. The summed E-state index contributed by atoms with van der Waals surface area (Å²) in [5, 5.41) is 9.08. The Bertz CT molecular complexity index is 197. The van der Waals surface area contributed by atoms with Crippen LogP contribution in [0.15, 0.2) is 0 Å². The zero-order valence-corrected chi connectivity index (χ0v) is 8.60. The first-order chi connectivity index (χ1) is 6.57. The van der Waals surface area contributed by atoms with Crippen molar-refractivity contribution in [3.63, 3.8) is 0 Å². The lowest BCUT2D eigenvalue weighted by atomic mass is 10.1. The summed E-state index contributed by atoms with van der Waals surface area (Å²) < 4.78 is 21.8. The molecule has 0 spiro atoms. The van der Waals surface area contributed by atoms with Crippen molar-refractivity contribution in [2.75, 3.05) is 13.7 Å². The molecule has 0 radical (unpaired) electrons. The summed E-state index contributed by atoms with van der Waals surface area (Å²) in [7, 11) is 1.55. The summed E-state index contributed by atoms with van der Waals surface area (Å²) in [6.07, 6.45) is -1.28. The monoisotopic (exact) mass is 204 g/mol. The van der Waals surface area contributed by atoms with Crippen molar-refractivity contribution in [2.45, 2.75) is 44.2 Å². The average molecular weight is 204 g/mol. The second kappa shape index (κ2) is 3.43. The van der Waals surface area contributed by atoms with Crippen LogP contribution in [0.2, 0.25) is 0 Å². The van der Waals surface area contributed by atoms with Crippen LogP contribution in [0.25, 0.3) is 0 Å². The lowest BCUT2D eigenvalue weighted by Crippen LogP contribution is -2.31. The van der Waals surface area contributed by atoms with Gasteiger partial charge in [0, 0.05) is 7.11 Å². The van der Waals surface area contributed by atoms with E-state index >= 15 is 0 Å². The van der Waals surface area contributed by atoms with Crippen molar-refractivity contribution in [3.05, 3.63) is 0 Å². The Hall–Kier alpha value is -0.200. The molecule has 1 unspecified atom stereocenters. The fraction of sp³-hybridized carbons (Fsp3) is 1.00. The molecular formula is C9H16O5. The van der Waals surface area contributed by atoms with Gasteiger partial charge in [-0.25, -0.2) is 0 Å². The number of ether oxygens (including phenoxy) is 4. The molecule has 82 valence electrons. The third-order valence-corrected chi connectivity index (χ3v) is 2.52. The Morgan fingerprint density at radius 2 is 1.93 bits per heavy atom. The zero-order chi connectivity index (χ0) is 10.3. The van der Waals surface area contributed by atoms with Gasteiger partial charge in [0.15, 0.2) is 12.1 Å². The number of rotatable bonds is 2. The third-order valence-electron chi connectivity index (χ3n) is 2.52. The van der Waals surface area contributed by atoms with Crippen molar-refractivity contribution in [1.82, 2.24) is 0 Å². The minimum atomic E-state index is -0.622. The maximum atomic E-state index is 9.08. The van der Waals surface area contributed by atoms with E-state index in [0.29, 0.717) is 0 Å². The predicted molar refractivity (Wildman–Crippen MR) is 46.6 cm³/mol. The molecule has 0 aromatic heterocycles. The van der Waals surface area contributed by atoms with E-state index in [4.69, 9.17) is 24.1 Å². The van der Waals surface area contributed by atoms with Crippen LogP contribution in [-0.2, 0) is 18.9 Å². The molecule has 2 aliphatic heterocycles. The topological polar surface area (TPSA) is 57.2 Å². The number of hydrogen-bond donors (Lipinski definition) is 1. The highest BCUT2D eigenvalue weighted by Crippen LogP contribution is 2.38. The van der Waals surface area contributed by atoms with Gasteiger partial charge < -0.3 is 24.1 Å². The third kappa shape index (κ3) is 1.55. The van der Waals surface area contributed by atoms with Crippen LogP contribution in [0.5, 0.6) is 0 Å². The Labute approximate surface area is 82.9 Å². The van der Waals surface area contributed by atoms with Crippen molar-refractivity contribution < 1.29 is 24.1 Å². The zero-order valence-electron chi connectivity index (χ0n) is 8.60. The molecule has 0 saturated carbocycles. The van der Waals surface area contributed by atoms with Crippen LogP contribution in [0.3, 0.4) is 0 Å². The van der Waals surface area contributed by atoms with E-state index in [2.05, 4.69) is 0 Å². The van der Waals surface area contributed by atoms with Crippen LogP contribution in [0.4, 0.5) is 0 Å². The molecule has 0 bridgehead atoms. The highest BCUT2D eigenvalue weighted by Gasteiger charge is 2.55. The van der Waals surface area contributed by atoms with E-state index in [0.717, 1.165) is 0 Å². The highest BCUT2D eigenvalue weighted by atomic mass is 16.8. The van der Waals surface area contributed by atoms with E-state index in [9.17, 15) is 0 Å². The van der Waals surface area contributed by atoms with E-state index in [1.807, 2.05) is 13.8 Å². The van der Waals surface area contributed by atoms with E-state index in [1.54, 1.807) is 7.11 Å². The maximum Gasteiger partial charge on any atom is 0.186 e. The molecule has 0 amide bonds. The standard InChI is InChI=1S/C9H16O5/c1-9(2)13-6-5(4-10)12-8(11-3)7(6)14-9/h5-8,10H,4H2,1-3H3/t5-,6+,7?,8-/m1/s1. The number of aliphatic hydroxyl groups excluding tert-OH is 1. The Morgan fingerprint density at radius 3 is 2.50 bits per heavy atom. The number of fused-ring (bicyclic) bond motifs is 1. The van der Waals surface area contributed by atoms with Gasteiger partial charge in [-0.15, -0.1) is 0 Å². The van der Waals surface area contributed by atoms with Gasteiger partial charge in [0.2, 0.25) is 0 Å². The molecule has 4 atom stereocenters. The van der Waals surface area contributed by atoms with Gasteiger partial charge in [-0.3, -0.25) is 0 Å². The molecule has 1 N–H and O–H groups in total. The van der Waals surface area contributed by atoms with Gasteiger partial charge in [0.25, 0.3) is 0 Å². The second-order valence-corrected chi connectivity index (χ2v) is 4.03. The van der Waals surface area contributed by atoms with E-state index < -0.39 is 12.1 Å². The molecule has 5 nitrogen and oxygen atoms in total. The first kappa shape index (κ1) is 10.3. The van der Waals surface area contributed by atoms with Crippen molar-refractivity contribution >= 4 is 0 Å². The van der Waals surface area contributed by atoms with E-state index in [-0.39, 0.29) is 24.9 Å². The fourth-order valence-electron chi connectivity index (χ4n) is 1.98. The molecule has 5 heteroatoms. The van der Waals surface area contributed by atoms with Crippen molar-refractivity contribution in [1.29, 1.82) is 0 Å². The van der Waals surface area contributed by atoms with Gasteiger partial charge in [-0.1, -0.05) is 0 Å². The summed E-state index contributed by atoms with van der Waals surface area (Å²) in [6, 6.07) is 0. The quantitative estimate of drug-likeness (QED) is 0.679. The molecule has 2 saturated heterocycles.